The Bertz CT molecular complexity index is 343. The smallest absolute Gasteiger partial charge is 0.703 e. The average molecular weight is 379 g/mol. The van der Waals surface area contributed by atoms with Gasteiger partial charge in [-0.1, -0.05) is 34.6 Å². The largest absolute Gasteiger partial charge is 4.00 e. The van der Waals surface area contributed by atoms with Gasteiger partial charge in [-0.15, -0.1) is 6.08 Å². The molecule has 0 bridgehead atoms. The second-order valence-electron chi connectivity index (χ2n) is 5.94. The van der Waals surface area contributed by atoms with Crippen LogP contribution in [0.2, 0.25) is 0 Å². The van der Waals surface area contributed by atoms with Gasteiger partial charge in [0.1, 0.15) is 0 Å². The molecule has 0 aromatic heterocycles. The van der Waals surface area contributed by atoms with Gasteiger partial charge in [0, 0.05) is 0 Å². The quantitative estimate of drug-likeness (QED) is 0.498. The van der Waals surface area contributed by atoms with Crippen molar-refractivity contribution in [1.82, 2.24) is 0 Å². The van der Waals surface area contributed by atoms with Crippen LogP contribution >= 0.6 is 0 Å². The van der Waals surface area contributed by atoms with Crippen LogP contribution in [0.25, 0.3) is 5.73 Å². The molecule has 1 aromatic carbocycles. The number of benzene rings is 1. The van der Waals surface area contributed by atoms with Crippen molar-refractivity contribution in [2.75, 3.05) is 0 Å². The first-order valence-electron chi connectivity index (χ1n) is 7.26. The van der Waals surface area contributed by atoms with Gasteiger partial charge in [0.25, 0.3) is 0 Å². The van der Waals surface area contributed by atoms with Gasteiger partial charge in [-0.2, -0.15) is 42.1 Å². The van der Waals surface area contributed by atoms with E-state index in [9.17, 15) is 0 Å². The van der Waals surface area contributed by atoms with Crippen LogP contribution in [0.1, 0.15) is 34.6 Å². The minimum absolute atomic E-state index is 0. The van der Waals surface area contributed by atoms with Gasteiger partial charge in [0.15, 0.2) is 0 Å². The Morgan fingerprint density at radius 1 is 0.864 bits per heavy atom. The predicted molar refractivity (Wildman–Crippen MR) is 96.3 cm³/mol. The van der Waals surface area contributed by atoms with E-state index in [0.29, 0.717) is 5.92 Å². The predicted octanol–water partition coefficient (Wildman–Crippen LogP) is 6.50. The molecule has 1 aliphatic rings. The van der Waals surface area contributed by atoms with Gasteiger partial charge in [0.2, 0.25) is 0 Å². The van der Waals surface area contributed by atoms with Crippen LogP contribution in [0.15, 0.2) is 42.1 Å². The van der Waals surface area contributed by atoms with E-state index in [-0.39, 0.29) is 41.1 Å². The van der Waals surface area contributed by atoms with Crippen LogP contribution in [0.4, 0.5) is 0 Å². The summed E-state index contributed by atoms with van der Waals surface area (Å²) in [5, 5.41) is 0. The normalized spacial score (nSPS) is 29.9. The third kappa shape index (κ3) is 7.77. The van der Waals surface area contributed by atoms with Crippen LogP contribution in [0.3, 0.4) is 0 Å². The molecule has 5 atom stereocenters. The van der Waals surface area contributed by atoms with E-state index in [1.54, 1.807) is 0 Å². The molecular formula is C20H33NZr. The molecule has 0 radical (unpaired) electrons. The summed E-state index contributed by atoms with van der Waals surface area (Å²) in [6, 6.07) is 12.5. The molecule has 4 unspecified atom stereocenters. The van der Waals surface area contributed by atoms with Crippen LogP contribution in [-0.2, 0) is 26.2 Å². The Morgan fingerprint density at radius 3 is 1.50 bits per heavy atom. The van der Waals surface area contributed by atoms with Crippen LogP contribution in [0, 0.1) is 50.5 Å². The van der Waals surface area contributed by atoms with Gasteiger partial charge in [-0.25, -0.2) is 0 Å². The van der Waals surface area contributed by atoms with E-state index < -0.39 is 0 Å². The Morgan fingerprint density at radius 2 is 1.27 bits per heavy atom. The summed E-state index contributed by atoms with van der Waals surface area (Å²) >= 11 is 0. The Labute approximate surface area is 158 Å². The summed E-state index contributed by atoms with van der Waals surface area (Å²) in [5.41, 5.74) is 8.24. The molecule has 1 aliphatic carbocycles. The van der Waals surface area contributed by atoms with Crippen LogP contribution in [-0.4, -0.2) is 0 Å². The summed E-state index contributed by atoms with van der Waals surface area (Å²) in [7, 11) is 0. The van der Waals surface area contributed by atoms with Gasteiger partial charge in [0.05, 0.1) is 0 Å². The summed E-state index contributed by atoms with van der Waals surface area (Å²) < 4.78 is 0. The summed E-state index contributed by atoms with van der Waals surface area (Å²) in [5.74, 6) is 3.71. The first kappa shape index (κ1) is 26.5. The second kappa shape index (κ2) is 13.1. The molecule has 22 heavy (non-hydrogen) atoms. The van der Waals surface area contributed by atoms with Gasteiger partial charge in [-0.05, 0) is 29.6 Å². The van der Waals surface area contributed by atoms with Crippen LogP contribution in [0.5, 0.6) is 0 Å². The summed E-state index contributed by atoms with van der Waals surface area (Å²) in [6.45, 7) is 11.2. The molecule has 0 spiro atoms. The molecule has 0 amide bonds. The number of allylic oxidation sites excluding steroid dienone is 2. The maximum Gasteiger partial charge on any atom is 4.00 e. The van der Waals surface area contributed by atoms with Crippen molar-refractivity contribution in [2.24, 2.45) is 29.6 Å². The zero-order valence-corrected chi connectivity index (χ0v) is 17.8. The van der Waals surface area contributed by atoms with Crippen molar-refractivity contribution in [3.8, 4) is 0 Å². The minimum atomic E-state index is 0. The van der Waals surface area contributed by atoms with E-state index >= 15 is 0 Å². The third-order valence-corrected chi connectivity index (χ3v) is 4.75. The maximum atomic E-state index is 7.52. The monoisotopic (exact) mass is 377 g/mol. The third-order valence-electron chi connectivity index (χ3n) is 4.75. The van der Waals surface area contributed by atoms with E-state index in [4.69, 9.17) is 5.73 Å². The Kier molecular flexibility index (Phi) is 15.8. The van der Waals surface area contributed by atoms with Gasteiger partial charge in [-0.3, -0.25) is 0 Å². The molecule has 1 aromatic rings. The average Bonchev–Trinajstić information content (AvgIpc) is 2.59. The van der Waals surface area contributed by atoms with Crippen molar-refractivity contribution in [1.29, 1.82) is 0 Å². The van der Waals surface area contributed by atoms with Crippen molar-refractivity contribution in [3.05, 3.63) is 68.8 Å². The zero-order chi connectivity index (χ0) is 14.4. The summed E-state index contributed by atoms with van der Waals surface area (Å²) in [4.78, 5) is 0. The first-order valence-corrected chi connectivity index (χ1v) is 7.26. The molecule has 1 saturated carbocycles. The van der Waals surface area contributed by atoms with Crippen molar-refractivity contribution in [2.45, 2.75) is 34.6 Å². The molecule has 2 rings (SSSR count). The Balaban J connectivity index is -0.000000346. The zero-order valence-electron chi connectivity index (χ0n) is 15.4. The molecule has 2 heteroatoms. The van der Waals surface area contributed by atoms with Crippen molar-refractivity contribution < 1.29 is 26.2 Å². The standard InChI is InChI=1S/C12H22N.C6H5.2CH3.Zr/c1-7(13)6-12-10(4)8(2)9(3)11(12)5;1-2-4-6-5-3-1;;;/h6,8-13H,1-5H3;1-5H;2*1H3;/q4*-1;+4/b7-6-;;;;/t8?,9?,10-,11?,12?;;;;/m0..../s1. The first-order chi connectivity index (χ1) is 8.95. The molecule has 0 saturated heterocycles. The van der Waals surface area contributed by atoms with Gasteiger partial charge >= 0.3 is 26.2 Å². The van der Waals surface area contributed by atoms with E-state index in [0.717, 1.165) is 29.4 Å². The van der Waals surface area contributed by atoms with E-state index in [2.05, 4.69) is 39.8 Å². The topological polar surface area (TPSA) is 23.8 Å². The second-order valence-corrected chi connectivity index (χ2v) is 5.94. The summed E-state index contributed by atoms with van der Waals surface area (Å²) in [6.07, 6.45) is 2.15. The molecule has 0 heterocycles. The molecule has 1 nitrogen and oxygen atoms in total. The SMILES string of the molecule is C/C([NH-])=C/C1C(C)C(C)C(C)[C@@H]1C.[CH3-].[CH3-].[Zr+4].[c-]1ccccc1. The number of nitrogens with one attached hydrogen (secondary N) is 1. The fourth-order valence-corrected chi connectivity index (χ4v) is 3.07. The maximum absolute atomic E-state index is 7.52. The molecule has 122 valence electrons. The van der Waals surface area contributed by atoms with Crippen LogP contribution < -0.4 is 0 Å². The molecule has 1 fully saturated rings. The molecule has 0 aliphatic heterocycles. The van der Waals surface area contributed by atoms with E-state index in [1.807, 2.05) is 37.3 Å². The number of hydrogen-bond donors (Lipinski definition) is 0. The van der Waals surface area contributed by atoms with E-state index in [1.165, 1.54) is 0 Å². The minimum Gasteiger partial charge on any atom is -0.703 e. The fourth-order valence-electron chi connectivity index (χ4n) is 3.07. The molecule has 1 N–H and O–H groups in total. The van der Waals surface area contributed by atoms with Gasteiger partial charge < -0.3 is 20.6 Å². The fraction of sp³-hybridized carbons (Fsp3) is 0.500. The Hall–Kier alpha value is -0.357. The number of hydrogen-bond acceptors (Lipinski definition) is 0. The number of rotatable bonds is 1. The van der Waals surface area contributed by atoms with Crippen molar-refractivity contribution >= 4 is 0 Å². The van der Waals surface area contributed by atoms with Crippen molar-refractivity contribution in [3.63, 3.8) is 0 Å². The molecular weight excluding hydrogens is 345 g/mol.